The van der Waals surface area contributed by atoms with E-state index >= 15 is 0 Å². The monoisotopic (exact) mass is 203 g/mol. The average molecular weight is 203 g/mol. The van der Waals surface area contributed by atoms with Gasteiger partial charge in [-0.15, -0.1) is 0 Å². The second kappa shape index (κ2) is 6.37. The van der Waals surface area contributed by atoms with Gasteiger partial charge in [-0.25, -0.2) is 0 Å². The summed E-state index contributed by atoms with van der Waals surface area (Å²) in [5.41, 5.74) is 0. The Hall–Kier alpha value is -1.10. The standard InChI is InChI=1S/C9H17NO4/c1-3-7(2)4-10(5-8(11)12)6-9(13)14/h7H,3-6H2,1-2H3,(H,11,12)(H,13,14). The van der Waals surface area contributed by atoms with Crippen LogP contribution in [0.4, 0.5) is 0 Å². The molecule has 5 nitrogen and oxygen atoms in total. The quantitative estimate of drug-likeness (QED) is 0.630. The molecule has 82 valence electrons. The highest BCUT2D eigenvalue weighted by molar-refractivity contribution is 5.72. The van der Waals surface area contributed by atoms with Gasteiger partial charge in [0.25, 0.3) is 0 Å². The highest BCUT2D eigenvalue weighted by Gasteiger charge is 2.15. The van der Waals surface area contributed by atoms with Crippen molar-refractivity contribution in [3.63, 3.8) is 0 Å². The van der Waals surface area contributed by atoms with E-state index in [0.29, 0.717) is 12.5 Å². The molecule has 0 spiro atoms. The van der Waals surface area contributed by atoms with E-state index in [4.69, 9.17) is 10.2 Å². The van der Waals surface area contributed by atoms with Crippen LogP contribution in [-0.2, 0) is 9.59 Å². The number of carboxylic acids is 2. The Kier molecular flexibility index (Phi) is 5.87. The predicted molar refractivity (Wildman–Crippen MR) is 51.2 cm³/mol. The minimum Gasteiger partial charge on any atom is -0.480 e. The van der Waals surface area contributed by atoms with Crippen LogP contribution in [0.2, 0.25) is 0 Å². The molecule has 5 heteroatoms. The van der Waals surface area contributed by atoms with Crippen molar-refractivity contribution >= 4 is 11.9 Å². The van der Waals surface area contributed by atoms with Crippen molar-refractivity contribution in [3.8, 4) is 0 Å². The molecule has 0 amide bonds. The molecule has 0 heterocycles. The van der Waals surface area contributed by atoms with E-state index in [1.807, 2.05) is 13.8 Å². The van der Waals surface area contributed by atoms with Crippen molar-refractivity contribution in [1.29, 1.82) is 0 Å². The van der Waals surface area contributed by atoms with Gasteiger partial charge in [0.1, 0.15) is 0 Å². The molecule has 0 radical (unpaired) electrons. The average Bonchev–Trinajstić information content (AvgIpc) is 2.01. The molecule has 0 aromatic rings. The molecule has 0 aromatic heterocycles. The molecule has 0 aliphatic carbocycles. The first-order chi connectivity index (χ1) is 6.45. The lowest BCUT2D eigenvalue weighted by Gasteiger charge is -2.21. The number of carboxylic acid groups (broad SMARTS) is 2. The summed E-state index contributed by atoms with van der Waals surface area (Å²) < 4.78 is 0. The molecular weight excluding hydrogens is 186 g/mol. The first-order valence-corrected chi connectivity index (χ1v) is 4.61. The first-order valence-electron chi connectivity index (χ1n) is 4.61. The molecule has 0 saturated heterocycles. The molecule has 0 aliphatic rings. The Morgan fingerprint density at radius 2 is 1.64 bits per heavy atom. The largest absolute Gasteiger partial charge is 0.480 e. The van der Waals surface area contributed by atoms with Gasteiger partial charge in [-0.05, 0) is 5.92 Å². The van der Waals surface area contributed by atoms with Crippen LogP contribution in [-0.4, -0.2) is 46.7 Å². The minimum atomic E-state index is -0.991. The van der Waals surface area contributed by atoms with Crippen LogP contribution in [0, 0.1) is 5.92 Å². The fraction of sp³-hybridized carbons (Fsp3) is 0.778. The van der Waals surface area contributed by atoms with E-state index < -0.39 is 11.9 Å². The Bertz CT molecular complexity index is 189. The van der Waals surface area contributed by atoms with E-state index in [1.54, 1.807) is 0 Å². The maximum atomic E-state index is 10.4. The molecule has 2 N–H and O–H groups in total. The Labute approximate surface area is 83.3 Å². The van der Waals surface area contributed by atoms with Gasteiger partial charge in [0.2, 0.25) is 0 Å². The maximum absolute atomic E-state index is 10.4. The molecule has 0 aromatic carbocycles. The summed E-state index contributed by atoms with van der Waals surface area (Å²) in [6.07, 6.45) is 0.912. The SMILES string of the molecule is CCC(C)CN(CC(=O)O)CC(=O)O. The van der Waals surface area contributed by atoms with Crippen LogP contribution in [0.25, 0.3) is 0 Å². The van der Waals surface area contributed by atoms with Crippen LogP contribution in [0.3, 0.4) is 0 Å². The molecule has 0 rings (SSSR count). The summed E-state index contributed by atoms with van der Waals surface area (Å²) in [6.45, 7) is 4.05. The smallest absolute Gasteiger partial charge is 0.317 e. The summed E-state index contributed by atoms with van der Waals surface area (Å²) in [5.74, 6) is -1.67. The third kappa shape index (κ3) is 6.42. The van der Waals surface area contributed by atoms with Crippen molar-refractivity contribution in [3.05, 3.63) is 0 Å². The molecule has 0 fully saturated rings. The lowest BCUT2D eigenvalue weighted by atomic mass is 10.1. The fourth-order valence-corrected chi connectivity index (χ4v) is 1.14. The Balaban J connectivity index is 4.09. The molecule has 1 atom stereocenters. The van der Waals surface area contributed by atoms with Gasteiger partial charge in [-0.1, -0.05) is 20.3 Å². The molecule has 0 aliphatic heterocycles. The second-order valence-corrected chi connectivity index (χ2v) is 3.47. The van der Waals surface area contributed by atoms with Gasteiger partial charge in [-0.2, -0.15) is 0 Å². The normalized spacial score (nSPS) is 12.8. The van der Waals surface area contributed by atoms with Crippen LogP contribution in [0.15, 0.2) is 0 Å². The van der Waals surface area contributed by atoms with Gasteiger partial charge in [0.15, 0.2) is 0 Å². The maximum Gasteiger partial charge on any atom is 0.317 e. The van der Waals surface area contributed by atoms with Crippen LogP contribution >= 0.6 is 0 Å². The summed E-state index contributed by atoms with van der Waals surface area (Å²) in [5, 5.41) is 17.1. The van der Waals surface area contributed by atoms with E-state index in [-0.39, 0.29) is 13.1 Å². The molecule has 1 unspecified atom stereocenters. The molecular formula is C9H17NO4. The van der Waals surface area contributed by atoms with E-state index in [0.717, 1.165) is 6.42 Å². The topological polar surface area (TPSA) is 77.8 Å². The van der Waals surface area contributed by atoms with Crippen LogP contribution in [0.5, 0.6) is 0 Å². The summed E-state index contributed by atoms with van der Waals surface area (Å²) >= 11 is 0. The third-order valence-corrected chi connectivity index (χ3v) is 1.98. The van der Waals surface area contributed by atoms with Crippen molar-refractivity contribution in [2.75, 3.05) is 19.6 Å². The van der Waals surface area contributed by atoms with E-state index in [2.05, 4.69) is 0 Å². The van der Waals surface area contributed by atoms with Gasteiger partial charge in [0.05, 0.1) is 13.1 Å². The molecule has 0 bridgehead atoms. The second-order valence-electron chi connectivity index (χ2n) is 3.47. The lowest BCUT2D eigenvalue weighted by Crippen LogP contribution is -2.37. The number of aliphatic carboxylic acids is 2. The van der Waals surface area contributed by atoms with E-state index in [1.165, 1.54) is 4.90 Å². The third-order valence-electron chi connectivity index (χ3n) is 1.98. The molecule has 14 heavy (non-hydrogen) atoms. The van der Waals surface area contributed by atoms with Crippen LogP contribution in [0.1, 0.15) is 20.3 Å². The molecule has 0 saturated carbocycles. The van der Waals surface area contributed by atoms with Gasteiger partial charge >= 0.3 is 11.9 Å². The first kappa shape index (κ1) is 12.9. The van der Waals surface area contributed by atoms with Crippen molar-refractivity contribution in [2.45, 2.75) is 20.3 Å². The summed E-state index contributed by atoms with van der Waals surface area (Å²) in [6, 6.07) is 0. The van der Waals surface area contributed by atoms with Gasteiger partial charge in [0, 0.05) is 6.54 Å². The lowest BCUT2D eigenvalue weighted by molar-refractivity contribution is -0.141. The zero-order valence-electron chi connectivity index (χ0n) is 8.56. The predicted octanol–water partition coefficient (Wildman–Crippen LogP) is 0.504. The van der Waals surface area contributed by atoms with Gasteiger partial charge in [-0.3, -0.25) is 14.5 Å². The minimum absolute atomic E-state index is 0.212. The zero-order valence-corrected chi connectivity index (χ0v) is 8.56. The van der Waals surface area contributed by atoms with Crippen molar-refractivity contribution < 1.29 is 19.8 Å². The Morgan fingerprint density at radius 1 is 1.21 bits per heavy atom. The zero-order chi connectivity index (χ0) is 11.1. The summed E-state index contributed by atoms with van der Waals surface area (Å²) in [7, 11) is 0. The van der Waals surface area contributed by atoms with Gasteiger partial charge < -0.3 is 10.2 Å². The number of carbonyl (C=O) groups is 2. The van der Waals surface area contributed by atoms with E-state index in [9.17, 15) is 9.59 Å². The van der Waals surface area contributed by atoms with Crippen LogP contribution < -0.4 is 0 Å². The number of nitrogens with zero attached hydrogens (tertiary/aromatic N) is 1. The number of hydrogen-bond donors (Lipinski definition) is 2. The van der Waals surface area contributed by atoms with Crippen molar-refractivity contribution in [1.82, 2.24) is 4.90 Å². The number of rotatable bonds is 7. The van der Waals surface area contributed by atoms with Crippen molar-refractivity contribution in [2.24, 2.45) is 5.92 Å². The highest BCUT2D eigenvalue weighted by Crippen LogP contribution is 2.03. The highest BCUT2D eigenvalue weighted by atomic mass is 16.4. The fourth-order valence-electron chi connectivity index (χ4n) is 1.14. The summed E-state index contributed by atoms with van der Waals surface area (Å²) in [4.78, 5) is 22.3. The number of hydrogen-bond acceptors (Lipinski definition) is 3. The Morgan fingerprint density at radius 3 is 1.93 bits per heavy atom.